The molecule has 1 aromatic carbocycles. The highest BCUT2D eigenvalue weighted by Gasteiger charge is 2.25. The highest BCUT2D eigenvalue weighted by Crippen LogP contribution is 2.35. The second-order valence-electron chi connectivity index (χ2n) is 6.44. The number of nitrogens with zero attached hydrogens (tertiary/aromatic N) is 3. The van der Waals surface area contributed by atoms with Crippen molar-refractivity contribution in [3.63, 3.8) is 0 Å². The maximum atomic E-state index is 13.7. The number of nitrogens with one attached hydrogen (secondary N) is 1. The van der Waals surface area contributed by atoms with Crippen molar-refractivity contribution in [3.8, 4) is 11.5 Å². The quantitative estimate of drug-likeness (QED) is 0.727. The largest absolute Gasteiger partial charge is 0.421 e. The molecule has 1 amide bonds. The molecule has 0 aliphatic heterocycles. The minimum Gasteiger partial charge on any atom is -0.421 e. The van der Waals surface area contributed by atoms with Crippen LogP contribution in [0.25, 0.3) is 11.5 Å². The summed E-state index contributed by atoms with van der Waals surface area (Å²) in [6.45, 7) is 3.48. The molecule has 0 unspecified atom stereocenters. The smallest absolute Gasteiger partial charge is 0.267 e. The van der Waals surface area contributed by atoms with E-state index in [1.54, 1.807) is 6.92 Å². The third kappa shape index (κ3) is 3.50. The molecule has 0 saturated heterocycles. The molecule has 0 spiro atoms. The zero-order chi connectivity index (χ0) is 18.3. The molecular weight excluding hydrogens is 355 g/mol. The summed E-state index contributed by atoms with van der Waals surface area (Å²) in [5, 5.41) is 11.5. The second kappa shape index (κ2) is 6.60. The Bertz CT molecular complexity index is 977. The first-order chi connectivity index (χ1) is 12.5. The normalized spacial score (nSPS) is 13.8. The molecule has 0 bridgehead atoms. The maximum Gasteiger partial charge on any atom is 0.267 e. The molecule has 1 fully saturated rings. The maximum absolute atomic E-state index is 13.7. The number of amides is 1. The standard InChI is InChI=1S/C18H17FN4O2S/c1-9-16(26-15(20-9)7-11-3-4-11)17(24)21-14-6-5-12(19)8-13(14)18-23-22-10(2)25-18/h5-6,8,11H,3-4,7H2,1-2H3,(H,21,24). The van der Waals surface area contributed by atoms with Gasteiger partial charge in [-0.2, -0.15) is 0 Å². The van der Waals surface area contributed by atoms with Gasteiger partial charge in [-0.25, -0.2) is 9.37 Å². The lowest BCUT2D eigenvalue weighted by atomic mass is 10.1. The Morgan fingerprint density at radius 2 is 2.15 bits per heavy atom. The summed E-state index contributed by atoms with van der Waals surface area (Å²) in [6, 6.07) is 4.03. The molecule has 1 aliphatic rings. The average molecular weight is 372 g/mol. The Hall–Kier alpha value is -2.61. The van der Waals surface area contributed by atoms with E-state index in [-0.39, 0.29) is 11.8 Å². The van der Waals surface area contributed by atoms with Gasteiger partial charge < -0.3 is 9.73 Å². The number of hydrogen-bond acceptors (Lipinski definition) is 6. The summed E-state index contributed by atoms with van der Waals surface area (Å²) in [5.74, 6) is 0.513. The van der Waals surface area contributed by atoms with Crippen molar-refractivity contribution in [3.05, 3.63) is 45.5 Å². The number of halogens is 1. The van der Waals surface area contributed by atoms with E-state index < -0.39 is 5.82 Å². The second-order valence-corrected chi connectivity index (χ2v) is 7.52. The Morgan fingerprint density at radius 1 is 1.35 bits per heavy atom. The minimum absolute atomic E-state index is 0.160. The number of carbonyl (C=O) groups excluding carboxylic acids is 1. The third-order valence-corrected chi connectivity index (χ3v) is 5.37. The Labute approximate surface area is 153 Å². The van der Waals surface area contributed by atoms with Crippen LogP contribution in [0.15, 0.2) is 22.6 Å². The van der Waals surface area contributed by atoms with Crippen molar-refractivity contribution in [2.45, 2.75) is 33.1 Å². The predicted molar refractivity (Wildman–Crippen MR) is 95.7 cm³/mol. The van der Waals surface area contributed by atoms with Crippen molar-refractivity contribution in [1.29, 1.82) is 0 Å². The minimum atomic E-state index is -0.449. The van der Waals surface area contributed by atoms with Crippen LogP contribution < -0.4 is 5.32 Å². The molecule has 6 nitrogen and oxygen atoms in total. The molecule has 0 radical (unpaired) electrons. The summed E-state index contributed by atoms with van der Waals surface area (Å²) in [7, 11) is 0. The van der Waals surface area contributed by atoms with Gasteiger partial charge in [0.15, 0.2) is 0 Å². The number of thiazole rings is 1. The van der Waals surface area contributed by atoms with Gasteiger partial charge in [-0.1, -0.05) is 0 Å². The first-order valence-corrected chi connectivity index (χ1v) is 9.19. The molecule has 1 N–H and O–H groups in total. The lowest BCUT2D eigenvalue weighted by Crippen LogP contribution is -2.12. The summed E-state index contributed by atoms with van der Waals surface area (Å²) in [5.41, 5.74) is 1.47. The van der Waals surface area contributed by atoms with Crippen molar-refractivity contribution >= 4 is 22.9 Å². The molecule has 3 aromatic rings. The zero-order valence-corrected chi connectivity index (χ0v) is 15.2. The summed E-state index contributed by atoms with van der Waals surface area (Å²) < 4.78 is 19.1. The van der Waals surface area contributed by atoms with Crippen LogP contribution in [0.2, 0.25) is 0 Å². The highest BCUT2D eigenvalue weighted by atomic mass is 32.1. The van der Waals surface area contributed by atoms with E-state index in [9.17, 15) is 9.18 Å². The van der Waals surface area contributed by atoms with Crippen LogP contribution in [0.3, 0.4) is 0 Å². The SMILES string of the molecule is Cc1nnc(-c2cc(F)ccc2NC(=O)c2sc(CC3CC3)nc2C)o1. The molecular formula is C18H17FN4O2S. The van der Waals surface area contributed by atoms with Gasteiger partial charge in [0.2, 0.25) is 11.8 Å². The highest BCUT2D eigenvalue weighted by molar-refractivity contribution is 7.13. The molecule has 4 rings (SSSR count). The van der Waals surface area contributed by atoms with Crippen LogP contribution in [-0.4, -0.2) is 21.1 Å². The summed E-state index contributed by atoms with van der Waals surface area (Å²) in [4.78, 5) is 17.8. The molecule has 0 atom stereocenters. The summed E-state index contributed by atoms with van der Waals surface area (Å²) in [6.07, 6.45) is 3.41. The van der Waals surface area contributed by atoms with Gasteiger partial charge >= 0.3 is 0 Å². The number of benzene rings is 1. The molecule has 2 heterocycles. The van der Waals surface area contributed by atoms with Crippen LogP contribution in [0, 0.1) is 25.6 Å². The van der Waals surface area contributed by atoms with E-state index >= 15 is 0 Å². The number of rotatable bonds is 5. The lowest BCUT2D eigenvalue weighted by Gasteiger charge is -2.08. The first-order valence-electron chi connectivity index (χ1n) is 8.37. The van der Waals surface area contributed by atoms with E-state index in [0.717, 1.165) is 11.4 Å². The predicted octanol–water partition coefficient (Wildman–Crippen LogP) is 4.15. The molecule has 2 aromatic heterocycles. The zero-order valence-electron chi connectivity index (χ0n) is 14.4. The average Bonchev–Trinajstić information content (AvgIpc) is 3.18. The van der Waals surface area contributed by atoms with E-state index in [1.165, 1.54) is 42.4 Å². The van der Waals surface area contributed by atoms with Crippen LogP contribution in [0.4, 0.5) is 10.1 Å². The first kappa shape index (κ1) is 16.8. The van der Waals surface area contributed by atoms with Gasteiger partial charge in [0.25, 0.3) is 5.91 Å². The van der Waals surface area contributed by atoms with Gasteiger partial charge in [-0.05, 0) is 43.9 Å². The van der Waals surface area contributed by atoms with E-state index in [4.69, 9.17) is 4.42 Å². The van der Waals surface area contributed by atoms with Gasteiger partial charge in [-0.15, -0.1) is 21.5 Å². The number of aromatic nitrogens is 3. The molecule has 134 valence electrons. The van der Waals surface area contributed by atoms with Crippen LogP contribution in [0.1, 0.15) is 39.1 Å². The van der Waals surface area contributed by atoms with E-state index in [1.807, 2.05) is 6.92 Å². The Morgan fingerprint density at radius 3 is 2.85 bits per heavy atom. The molecule has 1 saturated carbocycles. The van der Waals surface area contributed by atoms with Crippen LogP contribution in [0.5, 0.6) is 0 Å². The molecule has 26 heavy (non-hydrogen) atoms. The lowest BCUT2D eigenvalue weighted by molar-refractivity contribution is 0.103. The third-order valence-electron chi connectivity index (χ3n) is 4.19. The van der Waals surface area contributed by atoms with Gasteiger partial charge in [-0.3, -0.25) is 4.79 Å². The fraction of sp³-hybridized carbons (Fsp3) is 0.333. The van der Waals surface area contributed by atoms with Crippen LogP contribution in [-0.2, 0) is 6.42 Å². The number of aryl methyl sites for hydroxylation is 2. The Balaban J connectivity index is 1.60. The molecule has 1 aliphatic carbocycles. The van der Waals surface area contributed by atoms with E-state index in [0.29, 0.717) is 33.6 Å². The van der Waals surface area contributed by atoms with Gasteiger partial charge in [0.05, 0.1) is 22.0 Å². The van der Waals surface area contributed by atoms with Gasteiger partial charge in [0.1, 0.15) is 10.7 Å². The van der Waals surface area contributed by atoms with Crippen molar-refractivity contribution < 1.29 is 13.6 Å². The fourth-order valence-electron chi connectivity index (χ4n) is 2.71. The number of anilines is 1. The molecule has 8 heteroatoms. The topological polar surface area (TPSA) is 80.9 Å². The van der Waals surface area contributed by atoms with Gasteiger partial charge in [0, 0.05) is 13.3 Å². The number of carbonyl (C=O) groups is 1. The monoisotopic (exact) mass is 372 g/mol. The van der Waals surface area contributed by atoms with Crippen molar-refractivity contribution in [2.24, 2.45) is 5.92 Å². The summed E-state index contributed by atoms with van der Waals surface area (Å²) >= 11 is 1.42. The number of hydrogen-bond donors (Lipinski definition) is 1. The van der Waals surface area contributed by atoms with E-state index in [2.05, 4.69) is 20.5 Å². The Kier molecular flexibility index (Phi) is 4.28. The van der Waals surface area contributed by atoms with Crippen molar-refractivity contribution in [1.82, 2.24) is 15.2 Å². The fourth-order valence-corrected chi connectivity index (χ4v) is 3.78. The van der Waals surface area contributed by atoms with Crippen LogP contribution >= 0.6 is 11.3 Å². The van der Waals surface area contributed by atoms with Crippen molar-refractivity contribution in [2.75, 3.05) is 5.32 Å².